The number of hydrogen-bond donors (Lipinski definition) is 1. The van der Waals surface area contributed by atoms with Crippen LogP contribution in [0.1, 0.15) is 50.3 Å². The predicted molar refractivity (Wildman–Crippen MR) is 131 cm³/mol. The Morgan fingerprint density at radius 2 is 1.70 bits per heavy atom. The number of benzene rings is 2. The van der Waals surface area contributed by atoms with E-state index in [2.05, 4.69) is 5.32 Å². The minimum atomic E-state index is -0.313. The van der Waals surface area contributed by atoms with Gasteiger partial charge in [-0.15, -0.1) is 0 Å². The van der Waals surface area contributed by atoms with Crippen LogP contribution in [0.2, 0.25) is 0 Å². The lowest BCUT2D eigenvalue weighted by molar-refractivity contribution is -0.137. The molecule has 0 bridgehead atoms. The molecule has 2 amide bonds. The smallest absolute Gasteiger partial charge is 0.278 e. The Balaban J connectivity index is 1.92. The number of carbonyl (C=O) groups is 2. The zero-order valence-electron chi connectivity index (χ0n) is 20.2. The van der Waals surface area contributed by atoms with Gasteiger partial charge in [-0.3, -0.25) is 14.5 Å². The number of nitrogens with one attached hydrogen (secondary N) is 1. The van der Waals surface area contributed by atoms with Crippen molar-refractivity contribution >= 4 is 23.1 Å². The van der Waals surface area contributed by atoms with Crippen LogP contribution in [-0.4, -0.2) is 42.6 Å². The maximum atomic E-state index is 13.4. The van der Waals surface area contributed by atoms with Gasteiger partial charge in [0.25, 0.3) is 11.8 Å². The normalized spacial score (nSPS) is 13.9. The van der Waals surface area contributed by atoms with Crippen molar-refractivity contribution in [3.8, 4) is 5.75 Å². The third kappa shape index (κ3) is 5.82. The summed E-state index contributed by atoms with van der Waals surface area (Å²) in [5.74, 6) is 0.135. The van der Waals surface area contributed by atoms with Crippen LogP contribution in [0.3, 0.4) is 0 Å². The lowest BCUT2D eigenvalue weighted by atomic mass is 10.0. The van der Waals surface area contributed by atoms with E-state index in [-0.39, 0.29) is 17.9 Å². The maximum Gasteiger partial charge on any atom is 0.278 e. The van der Waals surface area contributed by atoms with Crippen molar-refractivity contribution in [3.63, 3.8) is 0 Å². The number of ether oxygens (including phenoxy) is 2. The highest BCUT2D eigenvalue weighted by Gasteiger charge is 2.39. The number of amides is 2. The lowest BCUT2D eigenvalue weighted by Crippen LogP contribution is -2.34. The van der Waals surface area contributed by atoms with Gasteiger partial charge in [0.05, 0.1) is 18.3 Å². The van der Waals surface area contributed by atoms with Crippen molar-refractivity contribution in [2.45, 2.75) is 53.6 Å². The van der Waals surface area contributed by atoms with Crippen LogP contribution >= 0.6 is 0 Å². The van der Waals surface area contributed by atoms with Crippen molar-refractivity contribution in [1.82, 2.24) is 4.90 Å². The fourth-order valence-electron chi connectivity index (χ4n) is 3.66. The largest absolute Gasteiger partial charge is 0.494 e. The second-order valence-corrected chi connectivity index (χ2v) is 8.53. The van der Waals surface area contributed by atoms with E-state index in [0.29, 0.717) is 43.0 Å². The van der Waals surface area contributed by atoms with Gasteiger partial charge in [-0.2, -0.15) is 0 Å². The van der Waals surface area contributed by atoms with E-state index in [1.807, 2.05) is 77.1 Å². The third-order valence-corrected chi connectivity index (χ3v) is 5.63. The molecule has 0 saturated heterocycles. The van der Waals surface area contributed by atoms with Crippen molar-refractivity contribution in [3.05, 3.63) is 64.9 Å². The maximum absolute atomic E-state index is 13.4. The van der Waals surface area contributed by atoms with Gasteiger partial charge in [0.15, 0.2) is 0 Å². The van der Waals surface area contributed by atoms with Crippen LogP contribution in [-0.2, 0) is 14.3 Å². The minimum absolute atomic E-state index is 0.110. The summed E-state index contributed by atoms with van der Waals surface area (Å²) in [6.07, 6.45) is 1.61. The highest BCUT2D eigenvalue weighted by Crippen LogP contribution is 2.32. The van der Waals surface area contributed by atoms with Crippen molar-refractivity contribution < 1.29 is 19.1 Å². The number of aryl methyl sites for hydroxylation is 1. The summed E-state index contributed by atoms with van der Waals surface area (Å²) in [4.78, 5) is 28.1. The Bertz CT molecular complexity index is 1020. The van der Waals surface area contributed by atoms with Crippen LogP contribution in [0.5, 0.6) is 5.75 Å². The van der Waals surface area contributed by atoms with Gasteiger partial charge in [-0.25, -0.2) is 0 Å². The van der Waals surface area contributed by atoms with E-state index >= 15 is 0 Å². The molecule has 6 heteroatoms. The average Bonchev–Trinajstić information content (AvgIpc) is 3.02. The van der Waals surface area contributed by atoms with Gasteiger partial charge in [0, 0.05) is 18.8 Å². The second kappa shape index (κ2) is 11.1. The van der Waals surface area contributed by atoms with Crippen molar-refractivity contribution in [1.29, 1.82) is 0 Å². The first-order chi connectivity index (χ1) is 15.8. The minimum Gasteiger partial charge on any atom is -0.494 e. The molecule has 0 fully saturated rings. The van der Waals surface area contributed by atoms with Gasteiger partial charge in [-0.05, 0) is 75.4 Å². The van der Waals surface area contributed by atoms with E-state index in [1.54, 1.807) is 0 Å². The Morgan fingerprint density at radius 1 is 0.970 bits per heavy atom. The number of nitrogens with zero attached hydrogens (tertiary/aromatic N) is 1. The molecule has 176 valence electrons. The van der Waals surface area contributed by atoms with E-state index in [4.69, 9.17) is 9.47 Å². The zero-order valence-corrected chi connectivity index (χ0v) is 20.2. The van der Waals surface area contributed by atoms with Crippen LogP contribution in [0.4, 0.5) is 5.69 Å². The van der Waals surface area contributed by atoms with Gasteiger partial charge in [0.1, 0.15) is 11.4 Å². The summed E-state index contributed by atoms with van der Waals surface area (Å²) in [5, 5.41) is 3.27. The molecule has 6 nitrogen and oxygen atoms in total. The van der Waals surface area contributed by atoms with E-state index in [1.165, 1.54) is 4.90 Å². The average molecular weight is 451 g/mol. The molecule has 0 aromatic heterocycles. The highest BCUT2D eigenvalue weighted by molar-refractivity contribution is 6.36. The Morgan fingerprint density at radius 3 is 2.36 bits per heavy atom. The number of hydrogen-bond acceptors (Lipinski definition) is 5. The summed E-state index contributed by atoms with van der Waals surface area (Å²) in [6.45, 7) is 11.4. The highest BCUT2D eigenvalue weighted by atomic mass is 16.5. The first-order valence-corrected chi connectivity index (χ1v) is 11.6. The molecule has 1 heterocycles. The molecule has 0 aliphatic carbocycles. The van der Waals surface area contributed by atoms with Gasteiger partial charge in [-0.1, -0.05) is 31.2 Å². The standard InChI is InChI=1S/C27H34N2O4/c1-6-16-33-22-13-11-21(12-14-22)24-25(28-23-10-7-9-19(4)20(23)5)27(31)29(26(24)30)15-8-17-32-18(2)3/h7,9-14,18,28H,6,8,15-17H2,1-5H3. The molecule has 33 heavy (non-hydrogen) atoms. The van der Waals surface area contributed by atoms with Gasteiger partial charge in [0.2, 0.25) is 0 Å². The number of imide groups is 1. The molecule has 0 spiro atoms. The topological polar surface area (TPSA) is 67.9 Å². The molecule has 0 radical (unpaired) electrons. The summed E-state index contributed by atoms with van der Waals surface area (Å²) >= 11 is 0. The van der Waals surface area contributed by atoms with Crippen LogP contribution in [0.25, 0.3) is 5.57 Å². The summed E-state index contributed by atoms with van der Waals surface area (Å²) in [6, 6.07) is 13.2. The molecule has 1 N–H and O–H groups in total. The molecule has 1 aliphatic rings. The van der Waals surface area contributed by atoms with E-state index in [9.17, 15) is 9.59 Å². The van der Waals surface area contributed by atoms with Crippen LogP contribution < -0.4 is 10.1 Å². The summed E-state index contributed by atoms with van der Waals surface area (Å²) < 4.78 is 11.3. The Hall–Kier alpha value is -3.12. The Labute approximate surface area is 196 Å². The van der Waals surface area contributed by atoms with E-state index in [0.717, 1.165) is 29.0 Å². The van der Waals surface area contributed by atoms with Crippen LogP contribution in [0, 0.1) is 13.8 Å². The quantitative estimate of drug-likeness (QED) is 0.381. The summed E-state index contributed by atoms with van der Waals surface area (Å²) in [7, 11) is 0. The fourth-order valence-corrected chi connectivity index (χ4v) is 3.66. The first-order valence-electron chi connectivity index (χ1n) is 11.6. The first kappa shape index (κ1) is 24.5. The van der Waals surface area contributed by atoms with Crippen molar-refractivity contribution in [2.75, 3.05) is 25.1 Å². The fraction of sp³-hybridized carbons (Fsp3) is 0.407. The molecule has 1 aliphatic heterocycles. The van der Waals surface area contributed by atoms with Gasteiger partial charge < -0.3 is 14.8 Å². The molecule has 0 atom stereocenters. The SMILES string of the molecule is CCCOc1ccc(C2=C(Nc3cccc(C)c3C)C(=O)N(CCCOC(C)C)C2=O)cc1. The number of rotatable bonds is 11. The number of anilines is 1. The summed E-state index contributed by atoms with van der Waals surface area (Å²) in [5.41, 5.74) is 4.34. The molecule has 3 rings (SSSR count). The predicted octanol–water partition coefficient (Wildman–Crippen LogP) is 5.10. The van der Waals surface area contributed by atoms with E-state index < -0.39 is 0 Å². The molecule has 0 unspecified atom stereocenters. The molecule has 2 aromatic rings. The Kier molecular flexibility index (Phi) is 8.28. The molecule has 0 saturated carbocycles. The molecular formula is C27H34N2O4. The lowest BCUT2D eigenvalue weighted by Gasteiger charge is -2.16. The monoisotopic (exact) mass is 450 g/mol. The molecule has 2 aromatic carbocycles. The van der Waals surface area contributed by atoms with Crippen molar-refractivity contribution in [2.24, 2.45) is 0 Å². The molecular weight excluding hydrogens is 416 g/mol. The number of carbonyl (C=O) groups excluding carboxylic acids is 2. The van der Waals surface area contributed by atoms with Crippen LogP contribution in [0.15, 0.2) is 48.2 Å². The zero-order chi connectivity index (χ0) is 24.0. The second-order valence-electron chi connectivity index (χ2n) is 8.53. The van der Waals surface area contributed by atoms with Gasteiger partial charge >= 0.3 is 0 Å². The third-order valence-electron chi connectivity index (χ3n) is 5.63.